The highest BCUT2D eigenvalue weighted by molar-refractivity contribution is 7.19. The Kier molecular flexibility index (Phi) is 6.03. The first kappa shape index (κ1) is 21.8. The summed E-state index contributed by atoms with van der Waals surface area (Å²) in [6, 6.07) is 5.87. The maximum atomic E-state index is 10.8. The average Bonchev–Trinajstić information content (AvgIpc) is 3.11. The maximum Gasteiger partial charge on any atom is 0.506 e. The van der Waals surface area contributed by atoms with Crippen LogP contribution in [0.25, 0.3) is 10.2 Å². The number of ether oxygens (including phenoxy) is 3. The van der Waals surface area contributed by atoms with Gasteiger partial charge in [-0.15, -0.1) is 11.3 Å². The lowest BCUT2D eigenvalue weighted by Crippen LogP contribution is -2.38. The van der Waals surface area contributed by atoms with Gasteiger partial charge in [-0.05, 0) is 24.6 Å². The number of nitrogens with zero attached hydrogens (tertiary/aromatic N) is 3. The van der Waals surface area contributed by atoms with Crippen LogP contribution in [0.1, 0.15) is 23.3 Å². The molecule has 0 aliphatic carbocycles. The quantitative estimate of drug-likeness (QED) is 0.492. The summed E-state index contributed by atoms with van der Waals surface area (Å²) in [7, 11) is 0. The first-order valence-electron chi connectivity index (χ1n) is 10.7. The van der Waals surface area contributed by atoms with Crippen LogP contribution in [0.2, 0.25) is 5.02 Å². The number of nitrogens with one attached hydrogen (secondary N) is 1. The molecule has 11 heteroatoms. The molecule has 0 unspecified atom stereocenters. The van der Waals surface area contributed by atoms with E-state index >= 15 is 0 Å². The number of carboxylic acid groups (broad SMARTS) is 1. The van der Waals surface area contributed by atoms with E-state index in [0.29, 0.717) is 62.5 Å². The average molecular weight is 491 g/mol. The van der Waals surface area contributed by atoms with Crippen LogP contribution in [-0.2, 0) is 11.3 Å². The number of carbonyl (C=O) groups is 1. The van der Waals surface area contributed by atoms with Gasteiger partial charge in [-0.2, -0.15) is 4.98 Å². The van der Waals surface area contributed by atoms with E-state index in [1.165, 1.54) is 11.3 Å². The van der Waals surface area contributed by atoms with E-state index in [1.54, 1.807) is 0 Å². The van der Waals surface area contributed by atoms with Crippen molar-refractivity contribution in [3.05, 3.63) is 33.7 Å². The summed E-state index contributed by atoms with van der Waals surface area (Å²) >= 11 is 8.13. The minimum Gasteiger partial charge on any atom is -0.486 e. The first-order valence-corrected chi connectivity index (χ1v) is 11.9. The highest BCUT2D eigenvalue weighted by Gasteiger charge is 2.25. The van der Waals surface area contributed by atoms with Gasteiger partial charge in [-0.1, -0.05) is 17.7 Å². The molecule has 5 rings (SSSR count). The molecule has 9 nitrogen and oxygen atoms in total. The van der Waals surface area contributed by atoms with Gasteiger partial charge < -0.3 is 29.5 Å². The molecule has 0 bridgehead atoms. The molecule has 1 saturated heterocycles. The SMILES string of the molecule is Cc1sc2nc(N3CCC(OC(=O)O)CC3)nc(NCc3ccc4c(c3)OCCO4)c2c1Cl. The van der Waals surface area contributed by atoms with Crippen molar-refractivity contribution in [2.75, 3.05) is 36.5 Å². The third kappa shape index (κ3) is 4.58. The normalized spacial score (nSPS) is 16.1. The van der Waals surface area contributed by atoms with E-state index in [-0.39, 0.29) is 6.10 Å². The number of hydrogen-bond acceptors (Lipinski definition) is 9. The Hall–Kier alpha value is -2.98. The van der Waals surface area contributed by atoms with Gasteiger partial charge in [0.2, 0.25) is 5.95 Å². The van der Waals surface area contributed by atoms with Gasteiger partial charge in [0.1, 0.15) is 30.0 Å². The van der Waals surface area contributed by atoms with E-state index in [0.717, 1.165) is 32.2 Å². The monoisotopic (exact) mass is 490 g/mol. The maximum absolute atomic E-state index is 10.8. The molecule has 2 N–H and O–H groups in total. The Bertz CT molecular complexity index is 1200. The fraction of sp³-hybridized carbons (Fsp3) is 0.409. The molecule has 0 saturated carbocycles. The zero-order valence-corrected chi connectivity index (χ0v) is 19.5. The zero-order chi connectivity index (χ0) is 22.9. The Labute approximate surface area is 199 Å². The van der Waals surface area contributed by atoms with Crippen LogP contribution < -0.4 is 19.7 Å². The second kappa shape index (κ2) is 9.11. The Morgan fingerprint density at radius 1 is 1.27 bits per heavy atom. The molecule has 33 heavy (non-hydrogen) atoms. The summed E-state index contributed by atoms with van der Waals surface area (Å²) < 4.78 is 16.2. The van der Waals surface area contributed by atoms with Crippen LogP contribution in [-0.4, -0.2) is 53.6 Å². The summed E-state index contributed by atoms with van der Waals surface area (Å²) in [5.41, 5.74) is 1.03. The van der Waals surface area contributed by atoms with Crippen molar-refractivity contribution < 1.29 is 24.1 Å². The summed E-state index contributed by atoms with van der Waals surface area (Å²) in [5, 5.41) is 13.7. The van der Waals surface area contributed by atoms with Crippen LogP contribution in [0, 0.1) is 6.92 Å². The van der Waals surface area contributed by atoms with Gasteiger partial charge in [0.25, 0.3) is 0 Å². The molecule has 2 aliphatic rings. The van der Waals surface area contributed by atoms with E-state index in [9.17, 15) is 4.79 Å². The number of benzene rings is 1. The Balaban J connectivity index is 1.39. The van der Waals surface area contributed by atoms with Crippen molar-refractivity contribution in [2.45, 2.75) is 32.4 Å². The molecule has 174 valence electrons. The molecule has 3 aromatic rings. The summed E-state index contributed by atoms with van der Waals surface area (Å²) in [4.78, 5) is 24.2. The van der Waals surface area contributed by atoms with E-state index in [2.05, 4.69) is 10.2 Å². The van der Waals surface area contributed by atoms with Gasteiger partial charge in [-0.3, -0.25) is 0 Å². The second-order valence-corrected chi connectivity index (χ2v) is 9.51. The lowest BCUT2D eigenvalue weighted by atomic mass is 10.1. The summed E-state index contributed by atoms with van der Waals surface area (Å²) in [5.74, 6) is 2.76. The van der Waals surface area contributed by atoms with Crippen molar-refractivity contribution in [3.8, 4) is 11.5 Å². The van der Waals surface area contributed by atoms with Crippen molar-refractivity contribution >= 4 is 51.1 Å². The largest absolute Gasteiger partial charge is 0.506 e. The van der Waals surface area contributed by atoms with Crippen LogP contribution in [0.5, 0.6) is 11.5 Å². The number of aryl methyl sites for hydroxylation is 1. The molecular formula is C22H23ClN4O5S. The smallest absolute Gasteiger partial charge is 0.486 e. The second-order valence-electron chi connectivity index (χ2n) is 7.93. The number of fused-ring (bicyclic) bond motifs is 2. The predicted octanol–water partition coefficient (Wildman–Crippen LogP) is 4.70. The molecule has 2 aromatic heterocycles. The van der Waals surface area contributed by atoms with Crippen LogP contribution >= 0.6 is 22.9 Å². The molecule has 4 heterocycles. The van der Waals surface area contributed by atoms with Gasteiger partial charge in [0.15, 0.2) is 11.5 Å². The standard InChI is InChI=1S/C22H23ClN4O5S/c1-12-18(23)17-19(24-11-13-2-3-15-16(10-13)31-9-8-30-15)25-21(26-20(17)33-12)27-6-4-14(5-7-27)32-22(28)29/h2-3,10,14H,4-9,11H2,1H3,(H,28,29)(H,24,25,26). The molecule has 2 aliphatic heterocycles. The van der Waals surface area contributed by atoms with Crippen molar-refractivity contribution in [1.29, 1.82) is 0 Å². The van der Waals surface area contributed by atoms with E-state index in [4.69, 9.17) is 40.9 Å². The highest BCUT2D eigenvalue weighted by atomic mass is 35.5. The zero-order valence-electron chi connectivity index (χ0n) is 18.0. The van der Waals surface area contributed by atoms with Crippen molar-refractivity contribution in [3.63, 3.8) is 0 Å². The number of aromatic nitrogens is 2. The lowest BCUT2D eigenvalue weighted by Gasteiger charge is -2.31. The van der Waals surface area contributed by atoms with E-state index in [1.807, 2.05) is 25.1 Å². The van der Waals surface area contributed by atoms with Gasteiger partial charge in [-0.25, -0.2) is 9.78 Å². The first-order chi connectivity index (χ1) is 16.0. The van der Waals surface area contributed by atoms with Gasteiger partial charge in [0.05, 0.1) is 10.4 Å². The molecule has 0 atom stereocenters. The van der Waals surface area contributed by atoms with Crippen LogP contribution in [0.15, 0.2) is 18.2 Å². The number of piperidine rings is 1. The third-order valence-electron chi connectivity index (χ3n) is 5.70. The number of thiophene rings is 1. The molecule has 1 fully saturated rings. The Morgan fingerprint density at radius 3 is 2.79 bits per heavy atom. The molecule has 0 radical (unpaired) electrons. The topological polar surface area (TPSA) is 106 Å². The third-order valence-corrected chi connectivity index (χ3v) is 7.28. The summed E-state index contributed by atoms with van der Waals surface area (Å²) in [6.07, 6.45) is -0.343. The molecule has 1 aromatic carbocycles. The molecule has 0 spiro atoms. The fourth-order valence-electron chi connectivity index (χ4n) is 4.04. The minimum absolute atomic E-state index is 0.297. The van der Waals surface area contributed by atoms with E-state index < -0.39 is 6.16 Å². The lowest BCUT2D eigenvalue weighted by molar-refractivity contribution is 0.0415. The van der Waals surface area contributed by atoms with Crippen LogP contribution in [0.3, 0.4) is 0 Å². The molecular weight excluding hydrogens is 468 g/mol. The predicted molar refractivity (Wildman–Crippen MR) is 126 cm³/mol. The number of anilines is 2. The molecule has 0 amide bonds. The number of hydrogen-bond donors (Lipinski definition) is 2. The van der Waals surface area contributed by atoms with Crippen molar-refractivity contribution in [2.24, 2.45) is 0 Å². The number of rotatable bonds is 5. The van der Waals surface area contributed by atoms with Gasteiger partial charge >= 0.3 is 6.16 Å². The number of halogens is 1. The van der Waals surface area contributed by atoms with Gasteiger partial charge in [0, 0.05) is 37.4 Å². The minimum atomic E-state index is -1.24. The highest BCUT2D eigenvalue weighted by Crippen LogP contribution is 2.39. The summed E-state index contributed by atoms with van der Waals surface area (Å²) in [6.45, 7) is 4.82. The fourth-order valence-corrected chi connectivity index (χ4v) is 5.30. The van der Waals surface area contributed by atoms with Crippen LogP contribution in [0.4, 0.5) is 16.6 Å². The Morgan fingerprint density at radius 2 is 2.03 bits per heavy atom. The van der Waals surface area contributed by atoms with Crippen molar-refractivity contribution in [1.82, 2.24) is 9.97 Å².